The lowest BCUT2D eigenvalue weighted by molar-refractivity contribution is 0.0696. The van der Waals surface area contributed by atoms with Crippen molar-refractivity contribution in [2.75, 3.05) is 0 Å². The van der Waals surface area contributed by atoms with Gasteiger partial charge >= 0.3 is 11.9 Å². The summed E-state index contributed by atoms with van der Waals surface area (Å²) < 4.78 is 1.28. The summed E-state index contributed by atoms with van der Waals surface area (Å²) >= 11 is 0. The largest absolute Gasteiger partial charge is 0.478 e. The molecule has 0 spiro atoms. The molecular formula is C12H11N3O5. The molecule has 0 aliphatic heterocycles. The van der Waals surface area contributed by atoms with Gasteiger partial charge in [-0.1, -0.05) is 5.21 Å². The molecule has 0 saturated carbocycles. The van der Waals surface area contributed by atoms with E-state index in [2.05, 4.69) is 10.3 Å². The zero-order valence-electron chi connectivity index (χ0n) is 10.4. The lowest BCUT2D eigenvalue weighted by Crippen LogP contribution is -2.07. The monoisotopic (exact) mass is 277 g/mol. The molecule has 0 radical (unpaired) electrons. The first-order valence-corrected chi connectivity index (χ1v) is 5.58. The van der Waals surface area contributed by atoms with Crippen molar-refractivity contribution in [2.24, 2.45) is 0 Å². The van der Waals surface area contributed by atoms with Crippen LogP contribution in [0.2, 0.25) is 0 Å². The molecule has 104 valence electrons. The molecule has 0 bridgehead atoms. The van der Waals surface area contributed by atoms with Crippen molar-refractivity contribution in [3.63, 3.8) is 0 Å². The highest BCUT2D eigenvalue weighted by atomic mass is 16.4. The van der Waals surface area contributed by atoms with Crippen LogP contribution < -0.4 is 0 Å². The quantitative estimate of drug-likeness (QED) is 0.741. The van der Waals surface area contributed by atoms with Crippen LogP contribution in [0.25, 0.3) is 5.69 Å². The summed E-state index contributed by atoms with van der Waals surface area (Å²) in [5.41, 5.74) is 0.765. The molecule has 0 unspecified atom stereocenters. The van der Waals surface area contributed by atoms with Crippen molar-refractivity contribution in [1.29, 1.82) is 0 Å². The Kier molecular flexibility index (Phi) is 3.49. The Labute approximate surface area is 112 Å². The average Bonchev–Trinajstić information content (AvgIpc) is 2.79. The molecule has 1 aromatic carbocycles. The molecule has 0 amide bonds. The first-order chi connectivity index (χ1) is 9.43. The van der Waals surface area contributed by atoms with Gasteiger partial charge in [0.15, 0.2) is 0 Å². The smallest absolute Gasteiger partial charge is 0.335 e. The van der Waals surface area contributed by atoms with Crippen molar-refractivity contribution in [2.45, 2.75) is 13.5 Å². The maximum atomic E-state index is 11.0. The number of aliphatic hydroxyl groups is 1. The van der Waals surface area contributed by atoms with Crippen LogP contribution in [0.5, 0.6) is 0 Å². The van der Waals surface area contributed by atoms with Crippen LogP contribution in [-0.4, -0.2) is 42.3 Å². The number of carboxylic acids is 2. The number of hydrogen-bond donors (Lipinski definition) is 3. The molecule has 0 saturated heterocycles. The molecule has 2 aromatic rings. The van der Waals surface area contributed by atoms with Gasteiger partial charge in [0.2, 0.25) is 0 Å². The predicted octanol–water partition coefficient (Wildman–Crippen LogP) is 0.464. The van der Waals surface area contributed by atoms with Crippen LogP contribution in [0.1, 0.15) is 32.1 Å². The van der Waals surface area contributed by atoms with Gasteiger partial charge in [0.1, 0.15) is 5.69 Å². The van der Waals surface area contributed by atoms with Gasteiger partial charge in [-0.3, -0.25) is 0 Å². The maximum Gasteiger partial charge on any atom is 0.335 e. The van der Waals surface area contributed by atoms with Gasteiger partial charge in [-0.25, -0.2) is 14.3 Å². The van der Waals surface area contributed by atoms with Gasteiger partial charge in [-0.05, 0) is 25.1 Å². The van der Waals surface area contributed by atoms with E-state index >= 15 is 0 Å². The second kappa shape index (κ2) is 5.10. The molecule has 3 N–H and O–H groups in total. The number of hydrogen-bond acceptors (Lipinski definition) is 5. The van der Waals surface area contributed by atoms with Crippen LogP contribution >= 0.6 is 0 Å². The summed E-state index contributed by atoms with van der Waals surface area (Å²) in [6, 6.07) is 3.64. The van der Waals surface area contributed by atoms with E-state index in [4.69, 9.17) is 15.3 Å². The van der Waals surface area contributed by atoms with Crippen molar-refractivity contribution < 1.29 is 24.9 Å². The van der Waals surface area contributed by atoms with Gasteiger partial charge in [0.25, 0.3) is 0 Å². The predicted molar refractivity (Wildman–Crippen MR) is 65.9 cm³/mol. The van der Waals surface area contributed by atoms with Crippen LogP contribution in [0.15, 0.2) is 18.2 Å². The van der Waals surface area contributed by atoms with Crippen LogP contribution in [0, 0.1) is 6.92 Å². The molecule has 8 heteroatoms. The fourth-order valence-corrected chi connectivity index (χ4v) is 1.73. The highest BCUT2D eigenvalue weighted by Gasteiger charge is 2.15. The summed E-state index contributed by atoms with van der Waals surface area (Å²) in [6.45, 7) is 1.33. The van der Waals surface area contributed by atoms with E-state index in [1.54, 1.807) is 6.92 Å². The van der Waals surface area contributed by atoms with E-state index in [0.29, 0.717) is 11.4 Å². The number of benzene rings is 1. The van der Waals surface area contributed by atoms with E-state index in [0.717, 1.165) is 6.07 Å². The molecule has 0 aliphatic carbocycles. The molecule has 1 heterocycles. The first kappa shape index (κ1) is 13.7. The normalized spacial score (nSPS) is 10.5. The highest BCUT2D eigenvalue weighted by Crippen LogP contribution is 2.17. The number of aliphatic hydroxyl groups excluding tert-OH is 1. The highest BCUT2D eigenvalue weighted by molar-refractivity contribution is 5.94. The Balaban J connectivity index is 2.63. The fraction of sp³-hybridized carbons (Fsp3) is 0.167. The zero-order chi connectivity index (χ0) is 14.9. The van der Waals surface area contributed by atoms with Gasteiger partial charge in [0.05, 0.1) is 29.1 Å². The molecule has 0 aliphatic rings. The second-order valence-electron chi connectivity index (χ2n) is 4.07. The average molecular weight is 277 g/mol. The number of rotatable bonds is 4. The van der Waals surface area contributed by atoms with Gasteiger partial charge < -0.3 is 15.3 Å². The van der Waals surface area contributed by atoms with Crippen LogP contribution in [0.4, 0.5) is 0 Å². The van der Waals surface area contributed by atoms with Crippen molar-refractivity contribution in [1.82, 2.24) is 15.0 Å². The van der Waals surface area contributed by atoms with E-state index < -0.39 is 11.9 Å². The third kappa shape index (κ3) is 2.36. The zero-order valence-corrected chi connectivity index (χ0v) is 10.4. The molecular weight excluding hydrogens is 266 g/mol. The SMILES string of the molecule is Cc1c(CO)nnn1-c1cc(C(=O)O)cc(C(=O)O)c1. The second-order valence-corrected chi connectivity index (χ2v) is 4.07. The number of carboxylic acid groups (broad SMARTS) is 2. The van der Waals surface area contributed by atoms with Gasteiger partial charge in [-0.15, -0.1) is 5.10 Å². The number of carbonyl (C=O) groups is 2. The van der Waals surface area contributed by atoms with E-state index in [1.807, 2.05) is 0 Å². The summed E-state index contributed by atoms with van der Waals surface area (Å²) in [5.74, 6) is -2.48. The minimum atomic E-state index is -1.24. The van der Waals surface area contributed by atoms with E-state index in [1.165, 1.54) is 16.8 Å². The minimum absolute atomic E-state index is 0.166. The summed E-state index contributed by atoms with van der Waals surface area (Å²) in [4.78, 5) is 22.1. The van der Waals surface area contributed by atoms with Gasteiger partial charge in [0, 0.05) is 0 Å². The fourth-order valence-electron chi connectivity index (χ4n) is 1.73. The Morgan fingerprint density at radius 3 is 2.10 bits per heavy atom. The number of aromatic nitrogens is 3. The number of aromatic carboxylic acids is 2. The summed E-state index contributed by atoms with van der Waals surface area (Å²) in [5, 5.41) is 34.6. The molecule has 1 aromatic heterocycles. The molecule has 20 heavy (non-hydrogen) atoms. The molecule has 2 rings (SSSR count). The van der Waals surface area contributed by atoms with E-state index in [-0.39, 0.29) is 23.4 Å². The summed E-state index contributed by atoms with van der Waals surface area (Å²) in [6.07, 6.45) is 0. The van der Waals surface area contributed by atoms with Crippen molar-refractivity contribution >= 4 is 11.9 Å². The topological polar surface area (TPSA) is 126 Å². The van der Waals surface area contributed by atoms with Crippen LogP contribution in [0.3, 0.4) is 0 Å². The van der Waals surface area contributed by atoms with E-state index in [9.17, 15) is 9.59 Å². The summed E-state index contributed by atoms with van der Waals surface area (Å²) in [7, 11) is 0. The number of nitrogens with zero attached hydrogens (tertiary/aromatic N) is 3. The first-order valence-electron chi connectivity index (χ1n) is 5.58. The van der Waals surface area contributed by atoms with Crippen LogP contribution in [-0.2, 0) is 6.61 Å². The maximum absolute atomic E-state index is 11.0. The Bertz CT molecular complexity index is 660. The third-order valence-electron chi connectivity index (χ3n) is 2.80. The standard InChI is InChI=1S/C12H11N3O5/c1-6-10(5-16)13-14-15(6)9-3-7(11(17)18)2-8(4-9)12(19)20/h2-4,16H,5H2,1H3,(H,17,18)(H,19,20). The van der Waals surface area contributed by atoms with Crippen molar-refractivity contribution in [3.8, 4) is 5.69 Å². The lowest BCUT2D eigenvalue weighted by Gasteiger charge is -2.06. The molecule has 8 nitrogen and oxygen atoms in total. The Hall–Kier alpha value is -2.74. The lowest BCUT2D eigenvalue weighted by atomic mass is 10.1. The van der Waals surface area contributed by atoms with Crippen molar-refractivity contribution in [3.05, 3.63) is 40.7 Å². The minimum Gasteiger partial charge on any atom is -0.478 e. The molecule has 0 atom stereocenters. The molecule has 0 fully saturated rings. The third-order valence-corrected chi connectivity index (χ3v) is 2.80. The Morgan fingerprint density at radius 2 is 1.70 bits per heavy atom. The Morgan fingerprint density at radius 1 is 1.15 bits per heavy atom. The van der Waals surface area contributed by atoms with Gasteiger partial charge in [-0.2, -0.15) is 0 Å².